The minimum atomic E-state index is -2.95. The van der Waals surface area contributed by atoms with E-state index in [1.807, 2.05) is 49.2 Å². The molecule has 48 heavy (non-hydrogen) atoms. The van der Waals surface area contributed by atoms with E-state index in [2.05, 4.69) is 10.3 Å². The second-order valence-corrected chi connectivity index (χ2v) is 17.8. The highest BCUT2D eigenvalue weighted by atomic mass is 28.4. The predicted octanol–water partition coefficient (Wildman–Crippen LogP) is 4.45. The van der Waals surface area contributed by atoms with Gasteiger partial charge in [0, 0.05) is 73.6 Å². The fraction of sp³-hybridized carbons (Fsp3) is 0.529. The van der Waals surface area contributed by atoms with Crippen LogP contribution in [0.5, 0.6) is 0 Å². The van der Waals surface area contributed by atoms with Gasteiger partial charge in [-0.15, -0.1) is 5.10 Å². The van der Waals surface area contributed by atoms with E-state index in [0.717, 1.165) is 36.9 Å². The minimum Gasteiger partial charge on any atom is -0.432 e. The maximum atomic E-state index is 14.7. The van der Waals surface area contributed by atoms with Gasteiger partial charge in [0.2, 0.25) is 5.91 Å². The van der Waals surface area contributed by atoms with Crippen molar-refractivity contribution < 1.29 is 29.2 Å². The van der Waals surface area contributed by atoms with E-state index >= 15 is 0 Å². The molecule has 2 saturated heterocycles. The number of anilines is 2. The van der Waals surface area contributed by atoms with Gasteiger partial charge in [0.25, 0.3) is 11.6 Å². The number of nitro benzene ring substituents is 1. The van der Waals surface area contributed by atoms with Crippen molar-refractivity contribution in [3.05, 3.63) is 75.6 Å². The summed E-state index contributed by atoms with van der Waals surface area (Å²) in [5.41, 5.74) is 1.29. The molecule has 1 spiro atoms. The molecule has 6 rings (SSSR count). The van der Waals surface area contributed by atoms with Crippen LogP contribution >= 0.6 is 0 Å². The van der Waals surface area contributed by atoms with Crippen molar-refractivity contribution >= 4 is 37.2 Å². The summed E-state index contributed by atoms with van der Waals surface area (Å²) in [6.07, 6.45) is 6.62. The summed E-state index contributed by atoms with van der Waals surface area (Å²) in [4.78, 5) is 54.1. The van der Waals surface area contributed by atoms with Gasteiger partial charge in [-0.25, -0.2) is 0 Å². The first-order valence-electron chi connectivity index (χ1n) is 16.8. The van der Waals surface area contributed by atoms with Crippen LogP contribution in [0.3, 0.4) is 0 Å². The fourth-order valence-electron chi connectivity index (χ4n) is 7.94. The lowest BCUT2D eigenvalue weighted by molar-refractivity contribution is -0.385. The molecule has 0 aliphatic carbocycles. The van der Waals surface area contributed by atoms with Crippen molar-refractivity contribution in [2.75, 3.05) is 23.0 Å². The van der Waals surface area contributed by atoms with Gasteiger partial charge in [0.15, 0.2) is 13.9 Å². The Labute approximate surface area is 280 Å². The van der Waals surface area contributed by atoms with Crippen molar-refractivity contribution in [3.8, 4) is 0 Å². The third kappa shape index (κ3) is 6.29. The van der Waals surface area contributed by atoms with E-state index in [-0.39, 0.29) is 36.2 Å². The highest BCUT2D eigenvalue weighted by Crippen LogP contribution is 2.60. The van der Waals surface area contributed by atoms with Crippen LogP contribution in [-0.2, 0) is 39.4 Å². The Morgan fingerprint density at radius 2 is 1.85 bits per heavy atom. The summed E-state index contributed by atoms with van der Waals surface area (Å²) >= 11 is 0. The standard InChI is InChI=1S/C34H44N6O7Si/c1-23-32(48(2,3)46)30(15-18-37-22-25(16-19-41)35-36-37)47-34(23)28-20-27(40(44)45)13-14-29(28)39(33(34)43)21-24-9-11-26(12-10-24)38-17-7-5-4-6-8-31(38)42/h9-14,20,22-23,30,32,41,46H,4-8,15-19,21H2,1-3H3/t23-,30+,32-,34+/m1/s1. The quantitative estimate of drug-likeness (QED) is 0.179. The Balaban J connectivity index is 1.31. The number of carbonyl (C=O) groups is 2. The lowest BCUT2D eigenvalue weighted by atomic mass is 9.82. The number of ether oxygens (including phenoxy) is 1. The summed E-state index contributed by atoms with van der Waals surface area (Å²) in [6.45, 7) is 6.84. The molecule has 0 saturated carbocycles. The van der Waals surface area contributed by atoms with Gasteiger partial charge in [0.05, 0.1) is 29.0 Å². The topological polar surface area (TPSA) is 164 Å². The molecule has 2 amide bonds. The number of hydrogen-bond acceptors (Lipinski definition) is 9. The number of amides is 2. The van der Waals surface area contributed by atoms with Crippen molar-refractivity contribution in [2.24, 2.45) is 5.92 Å². The smallest absolute Gasteiger partial charge is 0.269 e. The maximum Gasteiger partial charge on any atom is 0.269 e. The fourth-order valence-corrected chi connectivity index (χ4v) is 10.5. The molecule has 2 N–H and O–H groups in total. The number of aromatic nitrogens is 3. The zero-order chi connectivity index (χ0) is 34.2. The summed E-state index contributed by atoms with van der Waals surface area (Å²) < 4.78 is 8.49. The Morgan fingerprint density at radius 3 is 2.56 bits per heavy atom. The normalized spacial score (nSPS) is 24.6. The molecule has 3 aliphatic rings. The molecule has 1 aromatic heterocycles. The van der Waals surface area contributed by atoms with E-state index in [4.69, 9.17) is 4.74 Å². The predicted molar refractivity (Wildman–Crippen MR) is 181 cm³/mol. The molecule has 0 radical (unpaired) electrons. The van der Waals surface area contributed by atoms with Crippen molar-refractivity contribution in [1.82, 2.24) is 15.0 Å². The van der Waals surface area contributed by atoms with Gasteiger partial charge < -0.3 is 24.4 Å². The first-order chi connectivity index (χ1) is 22.9. The number of fused-ring (bicyclic) bond motifs is 2. The number of hydrogen-bond donors (Lipinski definition) is 2. The summed E-state index contributed by atoms with van der Waals surface area (Å²) in [5, 5.41) is 29.4. The van der Waals surface area contributed by atoms with E-state index in [0.29, 0.717) is 49.3 Å². The molecule has 0 bridgehead atoms. The zero-order valence-corrected chi connectivity index (χ0v) is 28.7. The second kappa shape index (κ2) is 13.5. The highest BCUT2D eigenvalue weighted by Gasteiger charge is 2.66. The summed E-state index contributed by atoms with van der Waals surface area (Å²) in [5.74, 6) is -0.672. The van der Waals surface area contributed by atoms with Gasteiger partial charge in [-0.05, 0) is 56.1 Å². The van der Waals surface area contributed by atoms with Gasteiger partial charge in [-0.2, -0.15) is 0 Å². The SMILES string of the molecule is C[C@@H]1[C@@H]([Si](C)(C)O)[C@H](CCn2cc(CCO)nn2)O[C@@]12C(=O)N(Cc1ccc(N3CCCCCCC3=O)cc1)c1ccc([N+](=O)[O-])cc12. The largest absolute Gasteiger partial charge is 0.432 e. The van der Waals surface area contributed by atoms with Crippen molar-refractivity contribution in [1.29, 1.82) is 0 Å². The van der Waals surface area contributed by atoms with Crippen LogP contribution in [0.1, 0.15) is 62.3 Å². The number of aryl methyl sites for hydroxylation is 1. The van der Waals surface area contributed by atoms with E-state index in [1.54, 1.807) is 21.8 Å². The molecule has 3 aliphatic heterocycles. The van der Waals surface area contributed by atoms with E-state index < -0.39 is 30.9 Å². The van der Waals surface area contributed by atoms with Crippen LogP contribution in [0.15, 0.2) is 48.7 Å². The second-order valence-electron chi connectivity index (χ2n) is 13.8. The molecule has 0 unspecified atom stereocenters. The van der Waals surface area contributed by atoms with Crippen LogP contribution in [0, 0.1) is 16.0 Å². The third-order valence-corrected chi connectivity index (χ3v) is 12.7. The lowest BCUT2D eigenvalue weighted by Crippen LogP contribution is -2.46. The first-order valence-corrected chi connectivity index (χ1v) is 19.9. The number of nitro groups is 1. The van der Waals surface area contributed by atoms with E-state index in [9.17, 15) is 29.6 Å². The number of nitrogens with zero attached hydrogens (tertiary/aromatic N) is 6. The highest BCUT2D eigenvalue weighted by molar-refractivity contribution is 6.71. The lowest BCUT2D eigenvalue weighted by Gasteiger charge is -2.32. The van der Waals surface area contributed by atoms with E-state index in [1.165, 1.54) is 12.1 Å². The number of rotatable bonds is 10. The molecule has 4 heterocycles. The van der Waals surface area contributed by atoms with Gasteiger partial charge in [-0.3, -0.25) is 24.4 Å². The van der Waals surface area contributed by atoms with Gasteiger partial charge in [-0.1, -0.05) is 37.1 Å². The average molecular weight is 677 g/mol. The first kappa shape index (κ1) is 33.9. The molecular weight excluding hydrogens is 632 g/mol. The van der Waals surface area contributed by atoms with Gasteiger partial charge in [0.1, 0.15) is 0 Å². The number of benzene rings is 2. The molecule has 2 fully saturated rings. The molecule has 13 nitrogen and oxygen atoms in total. The number of aliphatic hydroxyl groups is 1. The molecule has 14 heteroatoms. The van der Waals surface area contributed by atoms with Crippen LogP contribution in [-0.4, -0.2) is 69.2 Å². The van der Waals surface area contributed by atoms with Crippen LogP contribution in [0.4, 0.5) is 17.1 Å². The molecule has 3 aromatic rings. The maximum absolute atomic E-state index is 14.7. The Kier molecular flexibility index (Phi) is 9.53. The third-order valence-electron chi connectivity index (χ3n) is 10.2. The minimum absolute atomic E-state index is 0.0384. The van der Waals surface area contributed by atoms with Crippen molar-refractivity contribution in [2.45, 2.75) is 95.3 Å². The number of carbonyl (C=O) groups excluding carboxylic acids is 2. The van der Waals surface area contributed by atoms with Crippen molar-refractivity contribution in [3.63, 3.8) is 0 Å². The Hall–Kier alpha value is -3.98. The summed E-state index contributed by atoms with van der Waals surface area (Å²) in [7, 11) is -2.95. The average Bonchev–Trinajstić information content (AvgIpc) is 3.68. The molecule has 256 valence electrons. The van der Waals surface area contributed by atoms with Crippen LogP contribution in [0.2, 0.25) is 18.6 Å². The molecule has 4 atom stereocenters. The van der Waals surface area contributed by atoms with Gasteiger partial charge >= 0.3 is 0 Å². The number of aliphatic hydroxyl groups excluding tert-OH is 1. The zero-order valence-electron chi connectivity index (χ0n) is 27.7. The monoisotopic (exact) mass is 676 g/mol. The Morgan fingerprint density at radius 1 is 1.10 bits per heavy atom. The van der Waals surface area contributed by atoms with Crippen LogP contribution in [0.25, 0.3) is 0 Å². The Bertz CT molecular complexity index is 1670. The van der Waals surface area contributed by atoms with Crippen LogP contribution < -0.4 is 9.80 Å². The summed E-state index contributed by atoms with van der Waals surface area (Å²) in [6, 6.07) is 12.1. The molecular formula is C34H44N6O7Si. The molecule has 2 aromatic carbocycles. The number of non-ortho nitro benzene ring substituents is 1.